The van der Waals surface area contributed by atoms with E-state index in [1.165, 1.54) is 10.8 Å². The van der Waals surface area contributed by atoms with Crippen LogP contribution in [0.2, 0.25) is 0 Å². The van der Waals surface area contributed by atoms with Gasteiger partial charge >= 0.3 is 0 Å². The van der Waals surface area contributed by atoms with E-state index in [1.807, 2.05) is 6.07 Å². The zero-order valence-corrected chi connectivity index (χ0v) is 20.4. The number of nitrogens with one attached hydrogen (secondary N) is 2. The fourth-order valence-corrected chi connectivity index (χ4v) is 5.70. The van der Waals surface area contributed by atoms with Crippen molar-refractivity contribution in [3.05, 3.63) is 59.7 Å². The zero-order chi connectivity index (χ0) is 27.6. The smallest absolute Gasteiger partial charge is 0.254 e. The normalized spacial score (nSPS) is 20.8. The maximum atomic E-state index is 13.0. The summed E-state index contributed by atoms with van der Waals surface area (Å²) in [5, 5.41) is 6.92. The van der Waals surface area contributed by atoms with E-state index in [-0.39, 0.29) is 5.91 Å². The number of amides is 1. The number of rotatable bonds is 3. The van der Waals surface area contributed by atoms with Gasteiger partial charge < -0.3 is 24.8 Å². The Kier molecular flexibility index (Phi) is 4.41. The van der Waals surface area contributed by atoms with E-state index < -0.39 is 6.98 Å². The Morgan fingerprint density at radius 1 is 1.24 bits per heavy atom. The minimum atomic E-state index is -2.35. The van der Waals surface area contributed by atoms with Crippen molar-refractivity contribution in [2.75, 3.05) is 43.6 Å². The number of aromatic nitrogens is 4. The van der Waals surface area contributed by atoms with Crippen molar-refractivity contribution in [2.45, 2.75) is 19.1 Å². The maximum absolute atomic E-state index is 13.0. The van der Waals surface area contributed by atoms with Crippen molar-refractivity contribution in [1.29, 1.82) is 0 Å². The van der Waals surface area contributed by atoms with E-state index in [1.54, 1.807) is 24.5 Å². The number of anilines is 3. The van der Waals surface area contributed by atoms with Gasteiger partial charge in [0, 0.05) is 66.2 Å². The molecule has 188 valence electrons. The van der Waals surface area contributed by atoms with Gasteiger partial charge in [-0.2, -0.15) is 0 Å². The molecule has 0 saturated carbocycles. The summed E-state index contributed by atoms with van der Waals surface area (Å²) in [6.07, 6.45) is 4.72. The van der Waals surface area contributed by atoms with Crippen LogP contribution in [0, 0.1) is 0 Å². The first kappa shape index (κ1) is 19.1. The van der Waals surface area contributed by atoms with Gasteiger partial charge in [-0.25, -0.2) is 9.97 Å². The molecule has 2 N–H and O–H groups in total. The summed E-state index contributed by atoms with van der Waals surface area (Å²) in [6.45, 7) is 1.80. The van der Waals surface area contributed by atoms with Gasteiger partial charge in [0.05, 0.1) is 53.8 Å². The third kappa shape index (κ3) is 3.63. The second-order valence-corrected chi connectivity index (χ2v) is 9.74. The molecule has 4 aromatic rings. The summed E-state index contributed by atoms with van der Waals surface area (Å²) in [7, 11) is 2.09. The molecular weight excluding hydrogens is 468 g/mol. The molecule has 10 heteroatoms. The molecule has 7 heterocycles. The third-order valence-electron chi connectivity index (χ3n) is 7.37. The standard InChI is InChI=1S/C27H28N8O2/c1-33-13-16-15-37-10-9-35(16)22-3-4-23(32-21(22)14-33)31-20-12-29-25(19-11-30-27(36)24(19)20)17-5-7-28-26-18(17)6-8-34(26)2/h3-8,12,16H,9-11,13-15H2,1-2H3,(H,30,36)(H,31,32)/t16-/m1/s1/i2D3. The minimum Gasteiger partial charge on any atom is -0.377 e. The number of morpholine rings is 1. The van der Waals surface area contributed by atoms with Gasteiger partial charge in [0.15, 0.2) is 0 Å². The first-order valence-electron chi connectivity index (χ1n) is 13.8. The Labute approximate surface area is 218 Å². The molecule has 3 aliphatic rings. The van der Waals surface area contributed by atoms with Crippen LogP contribution in [0.5, 0.6) is 0 Å². The molecule has 7 rings (SSSR count). The number of nitrogens with zero attached hydrogens (tertiary/aromatic N) is 6. The topological polar surface area (TPSA) is 100 Å². The van der Waals surface area contributed by atoms with Crippen LogP contribution in [-0.4, -0.2) is 69.7 Å². The Balaban J connectivity index is 1.26. The molecule has 1 fully saturated rings. The number of likely N-dealkylation sites (N-methyl/N-ethyl adjacent to an activating group) is 1. The summed E-state index contributed by atoms with van der Waals surface area (Å²) in [6, 6.07) is 7.85. The van der Waals surface area contributed by atoms with Gasteiger partial charge in [0.25, 0.3) is 5.91 Å². The number of hydrogen-bond donors (Lipinski definition) is 2. The molecule has 0 spiro atoms. The largest absolute Gasteiger partial charge is 0.377 e. The molecule has 0 aromatic carbocycles. The molecule has 37 heavy (non-hydrogen) atoms. The summed E-state index contributed by atoms with van der Waals surface area (Å²) >= 11 is 0. The SMILES string of the molecule is [2H]C([2H])([2H])n1ccc2c(-c3ncc(Nc4ccc5c(n4)CN(C)C[C@@H]4COCCN54)c4c3CNC4=O)ccnc21. The van der Waals surface area contributed by atoms with E-state index in [0.717, 1.165) is 35.6 Å². The van der Waals surface area contributed by atoms with Crippen molar-refractivity contribution in [1.82, 2.24) is 29.7 Å². The highest BCUT2D eigenvalue weighted by Gasteiger charge is 2.31. The lowest BCUT2D eigenvalue weighted by Crippen LogP contribution is -2.49. The predicted octanol–water partition coefficient (Wildman–Crippen LogP) is 2.67. The molecule has 3 aliphatic heterocycles. The number of carbonyl (C=O) groups excluding carboxylic acids is 1. The van der Waals surface area contributed by atoms with Crippen LogP contribution in [0.4, 0.5) is 17.2 Å². The second-order valence-electron chi connectivity index (χ2n) is 9.74. The van der Waals surface area contributed by atoms with Crippen molar-refractivity contribution < 1.29 is 13.6 Å². The first-order valence-corrected chi connectivity index (χ1v) is 12.3. The van der Waals surface area contributed by atoms with Crippen molar-refractivity contribution in [2.24, 2.45) is 6.98 Å². The highest BCUT2D eigenvalue weighted by molar-refractivity contribution is 6.06. The Bertz CT molecular complexity index is 1650. The van der Waals surface area contributed by atoms with Gasteiger partial charge in [0.2, 0.25) is 0 Å². The van der Waals surface area contributed by atoms with Crippen LogP contribution in [0.25, 0.3) is 22.3 Å². The molecule has 0 radical (unpaired) electrons. The lowest BCUT2D eigenvalue weighted by atomic mass is 10.0. The van der Waals surface area contributed by atoms with Crippen LogP contribution in [0.3, 0.4) is 0 Å². The molecule has 0 aliphatic carbocycles. The first-order chi connectivity index (χ1) is 19.3. The quantitative estimate of drug-likeness (QED) is 0.444. The van der Waals surface area contributed by atoms with Crippen molar-refractivity contribution >= 4 is 34.1 Å². The molecule has 0 unspecified atom stereocenters. The average Bonchev–Trinajstić information content (AvgIpc) is 3.50. The second kappa shape index (κ2) is 8.53. The van der Waals surface area contributed by atoms with Gasteiger partial charge in [0.1, 0.15) is 11.5 Å². The predicted molar refractivity (Wildman–Crippen MR) is 141 cm³/mol. The lowest BCUT2D eigenvalue weighted by Gasteiger charge is -2.37. The summed E-state index contributed by atoms with van der Waals surface area (Å²) < 4.78 is 30.3. The molecule has 0 bridgehead atoms. The fourth-order valence-electron chi connectivity index (χ4n) is 5.70. The van der Waals surface area contributed by atoms with Crippen LogP contribution < -0.4 is 15.5 Å². The van der Waals surface area contributed by atoms with Crippen LogP contribution in [0.1, 0.15) is 25.7 Å². The monoisotopic (exact) mass is 499 g/mol. The third-order valence-corrected chi connectivity index (χ3v) is 7.37. The number of fused-ring (bicyclic) bond motifs is 5. The van der Waals surface area contributed by atoms with Gasteiger partial charge in [-0.05, 0) is 31.3 Å². The molecule has 1 saturated heterocycles. The lowest BCUT2D eigenvalue weighted by molar-refractivity contribution is 0.0844. The van der Waals surface area contributed by atoms with Crippen LogP contribution in [0.15, 0.2) is 42.9 Å². The summed E-state index contributed by atoms with van der Waals surface area (Å²) in [5.74, 6) is 0.438. The van der Waals surface area contributed by atoms with Gasteiger partial charge in [-0.15, -0.1) is 0 Å². The van der Waals surface area contributed by atoms with Gasteiger partial charge in [-0.3, -0.25) is 14.7 Å². The molecule has 4 aromatic heterocycles. The van der Waals surface area contributed by atoms with E-state index in [4.69, 9.17) is 18.8 Å². The maximum Gasteiger partial charge on any atom is 0.254 e. The highest BCUT2D eigenvalue weighted by atomic mass is 16.5. The fraction of sp³-hybridized carbons (Fsp3) is 0.333. The Morgan fingerprint density at radius 2 is 2.19 bits per heavy atom. The molecule has 10 nitrogen and oxygen atoms in total. The molecule has 1 amide bonds. The summed E-state index contributed by atoms with van der Waals surface area (Å²) in [5.41, 5.74) is 5.59. The Hall–Kier alpha value is -4.02. The van der Waals surface area contributed by atoms with Crippen LogP contribution >= 0.6 is 0 Å². The summed E-state index contributed by atoms with van der Waals surface area (Å²) in [4.78, 5) is 31.7. The minimum absolute atomic E-state index is 0.197. The number of aryl methyl sites for hydroxylation is 1. The van der Waals surface area contributed by atoms with E-state index in [2.05, 4.69) is 38.5 Å². The van der Waals surface area contributed by atoms with Gasteiger partial charge in [-0.1, -0.05) is 0 Å². The number of carbonyl (C=O) groups is 1. The van der Waals surface area contributed by atoms with Crippen molar-refractivity contribution in [3.8, 4) is 11.3 Å². The van der Waals surface area contributed by atoms with E-state index in [0.29, 0.717) is 66.1 Å². The number of hydrogen-bond acceptors (Lipinski definition) is 8. The number of pyridine rings is 3. The van der Waals surface area contributed by atoms with Crippen LogP contribution in [-0.2, 0) is 24.8 Å². The number of ether oxygens (including phenoxy) is 1. The van der Waals surface area contributed by atoms with E-state index >= 15 is 0 Å². The molecular formula is C27H28N8O2. The molecule has 1 atom stereocenters. The highest BCUT2D eigenvalue weighted by Crippen LogP contribution is 2.36. The zero-order valence-electron chi connectivity index (χ0n) is 23.4. The van der Waals surface area contributed by atoms with Crippen molar-refractivity contribution in [3.63, 3.8) is 0 Å². The van der Waals surface area contributed by atoms with E-state index in [9.17, 15) is 4.79 Å². The Morgan fingerprint density at radius 3 is 3.11 bits per heavy atom. The average molecular weight is 500 g/mol.